The minimum atomic E-state index is -1.07. The molecule has 0 aromatic heterocycles. The lowest BCUT2D eigenvalue weighted by Crippen LogP contribution is -2.42. The van der Waals surface area contributed by atoms with Gasteiger partial charge in [-0.1, -0.05) is 15.9 Å². The molecule has 0 aliphatic carbocycles. The van der Waals surface area contributed by atoms with Gasteiger partial charge < -0.3 is 20.3 Å². The molecule has 0 bridgehead atoms. The van der Waals surface area contributed by atoms with Crippen LogP contribution in [-0.2, 0) is 0 Å². The number of nitrogens with one attached hydrogen (secondary N) is 1. The van der Waals surface area contributed by atoms with Crippen LogP contribution in [-0.4, -0.2) is 42.1 Å². The minimum absolute atomic E-state index is 0.256. The molecular formula is C12H18BrNO3. The Bertz CT molecular complexity index is 327. The summed E-state index contributed by atoms with van der Waals surface area (Å²) >= 11 is 3.35. The lowest BCUT2D eigenvalue weighted by molar-refractivity contribution is 0.00244. The molecule has 0 heterocycles. The Morgan fingerprint density at radius 1 is 1.35 bits per heavy atom. The Hall–Kier alpha value is -0.620. The van der Waals surface area contributed by atoms with Gasteiger partial charge in [-0.25, -0.2) is 0 Å². The highest BCUT2D eigenvalue weighted by molar-refractivity contribution is 9.10. The number of aliphatic hydroxyl groups excluding tert-OH is 1. The van der Waals surface area contributed by atoms with Gasteiger partial charge in [0.2, 0.25) is 0 Å². The highest BCUT2D eigenvalue weighted by Crippen LogP contribution is 2.15. The van der Waals surface area contributed by atoms with Gasteiger partial charge in [-0.2, -0.15) is 0 Å². The third-order valence-electron chi connectivity index (χ3n) is 2.21. The molecule has 0 spiro atoms. The maximum atomic E-state index is 9.51. The van der Waals surface area contributed by atoms with Crippen molar-refractivity contribution in [2.24, 2.45) is 0 Å². The first kappa shape index (κ1) is 14.4. The molecule has 0 aliphatic rings. The zero-order chi connectivity index (χ0) is 12.7. The summed E-state index contributed by atoms with van der Waals surface area (Å²) < 4.78 is 6.50. The summed E-state index contributed by atoms with van der Waals surface area (Å²) in [5.41, 5.74) is -1.07. The van der Waals surface area contributed by atoms with E-state index in [4.69, 9.17) is 9.84 Å². The standard InChI is InChI=1S/C12H18BrNO3/c1-12(16,9-15)8-14-6-7-17-11-4-2-10(13)3-5-11/h2-5,14-16H,6-9H2,1H3. The molecule has 0 amide bonds. The zero-order valence-electron chi connectivity index (χ0n) is 9.82. The maximum absolute atomic E-state index is 9.51. The van der Waals surface area contributed by atoms with Crippen LogP contribution in [0.4, 0.5) is 0 Å². The van der Waals surface area contributed by atoms with Gasteiger partial charge in [0.05, 0.1) is 12.2 Å². The fraction of sp³-hybridized carbons (Fsp3) is 0.500. The molecular weight excluding hydrogens is 286 g/mol. The monoisotopic (exact) mass is 303 g/mol. The molecule has 0 saturated heterocycles. The van der Waals surface area contributed by atoms with Crippen molar-refractivity contribution < 1.29 is 14.9 Å². The molecule has 0 saturated carbocycles. The molecule has 1 aromatic rings. The average Bonchev–Trinajstić information content (AvgIpc) is 2.31. The highest BCUT2D eigenvalue weighted by atomic mass is 79.9. The van der Waals surface area contributed by atoms with Crippen LogP contribution in [0.1, 0.15) is 6.92 Å². The number of ether oxygens (including phenoxy) is 1. The largest absolute Gasteiger partial charge is 0.492 e. The van der Waals surface area contributed by atoms with E-state index in [2.05, 4.69) is 21.2 Å². The van der Waals surface area contributed by atoms with Crippen molar-refractivity contribution in [2.45, 2.75) is 12.5 Å². The highest BCUT2D eigenvalue weighted by Gasteiger charge is 2.17. The van der Waals surface area contributed by atoms with E-state index in [1.165, 1.54) is 0 Å². The summed E-state index contributed by atoms with van der Waals surface area (Å²) in [6, 6.07) is 7.60. The maximum Gasteiger partial charge on any atom is 0.119 e. The lowest BCUT2D eigenvalue weighted by atomic mass is 10.1. The van der Waals surface area contributed by atoms with E-state index >= 15 is 0 Å². The van der Waals surface area contributed by atoms with Crippen LogP contribution in [0.15, 0.2) is 28.7 Å². The number of hydrogen-bond donors (Lipinski definition) is 3. The summed E-state index contributed by atoms with van der Waals surface area (Å²) in [4.78, 5) is 0. The quantitative estimate of drug-likeness (QED) is 0.662. The number of halogens is 1. The Kier molecular flexibility index (Phi) is 5.91. The van der Waals surface area contributed by atoms with E-state index in [-0.39, 0.29) is 6.61 Å². The first-order valence-corrected chi connectivity index (χ1v) is 6.25. The van der Waals surface area contributed by atoms with Crippen LogP contribution >= 0.6 is 15.9 Å². The van der Waals surface area contributed by atoms with Crippen molar-refractivity contribution in [3.05, 3.63) is 28.7 Å². The van der Waals surface area contributed by atoms with E-state index in [9.17, 15) is 5.11 Å². The Morgan fingerprint density at radius 3 is 2.59 bits per heavy atom. The van der Waals surface area contributed by atoms with Crippen LogP contribution in [0.25, 0.3) is 0 Å². The van der Waals surface area contributed by atoms with E-state index < -0.39 is 5.60 Å². The normalized spacial score (nSPS) is 14.4. The number of rotatable bonds is 7. The van der Waals surface area contributed by atoms with Gasteiger partial charge in [0.25, 0.3) is 0 Å². The Balaban J connectivity index is 2.14. The first-order chi connectivity index (χ1) is 8.03. The molecule has 1 rings (SSSR count). The van der Waals surface area contributed by atoms with Gasteiger partial charge in [0.1, 0.15) is 12.4 Å². The van der Waals surface area contributed by atoms with Crippen LogP contribution in [0, 0.1) is 0 Å². The topological polar surface area (TPSA) is 61.7 Å². The SMILES string of the molecule is CC(O)(CO)CNCCOc1ccc(Br)cc1. The van der Waals surface area contributed by atoms with Gasteiger partial charge in [0.15, 0.2) is 0 Å². The van der Waals surface area contributed by atoms with Gasteiger partial charge in [-0.15, -0.1) is 0 Å². The van der Waals surface area contributed by atoms with Gasteiger partial charge in [0, 0.05) is 17.6 Å². The first-order valence-electron chi connectivity index (χ1n) is 5.46. The van der Waals surface area contributed by atoms with Crippen LogP contribution in [0.3, 0.4) is 0 Å². The second kappa shape index (κ2) is 6.96. The molecule has 1 unspecified atom stereocenters. The molecule has 1 aromatic carbocycles. The smallest absolute Gasteiger partial charge is 0.119 e. The summed E-state index contributed by atoms with van der Waals surface area (Å²) in [5.74, 6) is 0.809. The van der Waals surface area contributed by atoms with E-state index in [0.717, 1.165) is 10.2 Å². The third kappa shape index (κ3) is 6.02. The summed E-state index contributed by atoms with van der Waals surface area (Å²) in [5, 5.41) is 21.4. The Morgan fingerprint density at radius 2 is 2.00 bits per heavy atom. The molecule has 96 valence electrons. The van der Waals surface area contributed by atoms with Gasteiger partial charge in [-0.3, -0.25) is 0 Å². The summed E-state index contributed by atoms with van der Waals surface area (Å²) in [7, 11) is 0. The second-order valence-corrected chi connectivity index (χ2v) is 5.05. The fourth-order valence-corrected chi connectivity index (χ4v) is 1.45. The van der Waals surface area contributed by atoms with Crippen molar-refractivity contribution in [1.82, 2.24) is 5.32 Å². The van der Waals surface area contributed by atoms with Gasteiger partial charge in [-0.05, 0) is 31.2 Å². The third-order valence-corrected chi connectivity index (χ3v) is 2.74. The van der Waals surface area contributed by atoms with Crippen molar-refractivity contribution in [2.75, 3.05) is 26.3 Å². The number of hydrogen-bond acceptors (Lipinski definition) is 4. The second-order valence-electron chi connectivity index (χ2n) is 4.13. The summed E-state index contributed by atoms with van der Waals surface area (Å²) in [6.45, 7) is 2.80. The van der Waals surface area contributed by atoms with Crippen LogP contribution in [0.5, 0.6) is 5.75 Å². The molecule has 0 fully saturated rings. The van der Waals surface area contributed by atoms with Crippen molar-refractivity contribution in [3.63, 3.8) is 0 Å². The zero-order valence-corrected chi connectivity index (χ0v) is 11.4. The van der Waals surface area contributed by atoms with E-state index in [1.54, 1.807) is 6.92 Å². The van der Waals surface area contributed by atoms with Crippen LogP contribution < -0.4 is 10.1 Å². The Labute approximate surface area is 110 Å². The molecule has 0 aliphatic heterocycles. The van der Waals surface area contributed by atoms with Crippen LogP contribution in [0.2, 0.25) is 0 Å². The number of aliphatic hydroxyl groups is 2. The molecule has 1 atom stereocenters. The molecule has 5 heteroatoms. The van der Waals surface area contributed by atoms with Gasteiger partial charge >= 0.3 is 0 Å². The predicted octanol–water partition coefficient (Wildman–Crippen LogP) is 1.16. The van der Waals surface area contributed by atoms with E-state index in [1.807, 2.05) is 24.3 Å². The fourth-order valence-electron chi connectivity index (χ4n) is 1.19. The van der Waals surface area contributed by atoms with Crippen molar-refractivity contribution >= 4 is 15.9 Å². The lowest BCUT2D eigenvalue weighted by Gasteiger charge is -2.20. The minimum Gasteiger partial charge on any atom is -0.492 e. The van der Waals surface area contributed by atoms with Crippen molar-refractivity contribution in [3.8, 4) is 5.75 Å². The summed E-state index contributed by atoms with van der Waals surface area (Å²) in [6.07, 6.45) is 0. The average molecular weight is 304 g/mol. The predicted molar refractivity (Wildman–Crippen MR) is 70.2 cm³/mol. The number of benzene rings is 1. The van der Waals surface area contributed by atoms with Crippen molar-refractivity contribution in [1.29, 1.82) is 0 Å². The molecule has 0 radical (unpaired) electrons. The molecule has 3 N–H and O–H groups in total. The molecule has 17 heavy (non-hydrogen) atoms. The molecule has 4 nitrogen and oxygen atoms in total. The van der Waals surface area contributed by atoms with E-state index in [0.29, 0.717) is 19.7 Å².